The minimum absolute atomic E-state index is 0.0115. The van der Waals surface area contributed by atoms with Crippen molar-refractivity contribution in [1.29, 1.82) is 5.41 Å². The second-order valence-electron chi connectivity index (χ2n) is 13.0. The van der Waals surface area contributed by atoms with Crippen LogP contribution in [0.5, 0.6) is 5.88 Å². The van der Waals surface area contributed by atoms with Crippen LogP contribution in [-0.4, -0.2) is 112 Å². The molecular weight excluding hydrogens is 643 g/mol. The van der Waals surface area contributed by atoms with Crippen LogP contribution in [0.2, 0.25) is 0 Å². The molecule has 0 bridgehead atoms. The SMILES string of the molecule is CCN(C(=O)[C@@H]1CCN(CC(=O)N2CCC(c3ncc(C4=NCN(C)N4)s3)CC2)C1)c1ccc(N)c(C(=N)c2ccc(OC(C)C)nc2)n1. The van der Waals surface area contributed by atoms with Gasteiger partial charge in [0, 0.05) is 63.2 Å². The first-order valence-electron chi connectivity index (χ1n) is 16.9. The van der Waals surface area contributed by atoms with Crippen LogP contribution < -0.4 is 20.8 Å². The van der Waals surface area contributed by atoms with Gasteiger partial charge in [-0.3, -0.25) is 24.8 Å². The number of aliphatic imine (C=N–C) groups is 1. The van der Waals surface area contributed by atoms with E-state index < -0.39 is 0 Å². The van der Waals surface area contributed by atoms with Gasteiger partial charge in [0.1, 0.15) is 18.2 Å². The van der Waals surface area contributed by atoms with E-state index >= 15 is 0 Å². The molecule has 0 aromatic carbocycles. The number of nitrogens with zero attached hydrogens (tertiary/aromatic N) is 8. The maximum atomic E-state index is 13.8. The van der Waals surface area contributed by atoms with Crippen LogP contribution in [0.1, 0.15) is 67.1 Å². The van der Waals surface area contributed by atoms with Crippen molar-refractivity contribution in [1.82, 2.24) is 35.2 Å². The van der Waals surface area contributed by atoms with Crippen LogP contribution in [0, 0.1) is 11.3 Å². The van der Waals surface area contributed by atoms with Gasteiger partial charge >= 0.3 is 0 Å². The lowest BCUT2D eigenvalue weighted by atomic mass is 9.97. The zero-order valence-corrected chi connectivity index (χ0v) is 29.4. The standard InChI is InChI=1S/C34H45N11O3S/c1-5-45(27-8-7-25(35)31(40-27)30(36)23-6-9-28(37-16-23)48-21(2)3)34(47)24-10-13-43(18-24)19-29(46)44-14-11-22(12-15-44)33-38-17-26(49-33)32-39-20-42(4)41-32/h6-9,16-17,21-22,24,36H,5,10-15,18-20,35H2,1-4H3,(H,39,41)/t24-/m1/s1. The van der Waals surface area contributed by atoms with E-state index in [2.05, 4.69) is 30.3 Å². The Balaban J connectivity index is 1.01. The zero-order chi connectivity index (χ0) is 34.7. The molecule has 2 fully saturated rings. The molecule has 0 saturated carbocycles. The number of carbonyl (C=O) groups is 2. The van der Waals surface area contributed by atoms with E-state index in [-0.39, 0.29) is 35.2 Å². The Morgan fingerprint density at radius 2 is 1.92 bits per heavy atom. The summed E-state index contributed by atoms with van der Waals surface area (Å²) in [5.74, 6) is 1.93. The molecule has 1 atom stereocenters. The number of amides is 2. The number of anilines is 2. The van der Waals surface area contributed by atoms with Gasteiger partial charge in [0.25, 0.3) is 0 Å². The fourth-order valence-corrected chi connectivity index (χ4v) is 7.47. The van der Waals surface area contributed by atoms with Crippen molar-refractivity contribution >= 4 is 46.2 Å². The smallest absolute Gasteiger partial charge is 0.236 e. The molecule has 2 amide bonds. The summed E-state index contributed by atoms with van der Waals surface area (Å²) < 4.78 is 5.62. The summed E-state index contributed by atoms with van der Waals surface area (Å²) in [6, 6.07) is 6.87. The maximum Gasteiger partial charge on any atom is 0.236 e. The number of hydrazine groups is 1. The predicted molar refractivity (Wildman–Crippen MR) is 190 cm³/mol. The fourth-order valence-electron chi connectivity index (χ4n) is 6.43. The molecule has 0 aliphatic carbocycles. The largest absolute Gasteiger partial charge is 0.475 e. The number of carbonyl (C=O) groups excluding carboxylic acids is 2. The molecule has 49 heavy (non-hydrogen) atoms. The summed E-state index contributed by atoms with van der Waals surface area (Å²) in [6.45, 7) is 9.69. The summed E-state index contributed by atoms with van der Waals surface area (Å²) in [5, 5.41) is 11.8. The Hall–Kier alpha value is -4.47. The topological polar surface area (TPSA) is 169 Å². The average molecular weight is 688 g/mol. The average Bonchev–Trinajstić information content (AvgIpc) is 3.87. The van der Waals surface area contributed by atoms with Gasteiger partial charge in [-0.05, 0) is 64.8 Å². The van der Waals surface area contributed by atoms with Crippen LogP contribution in [0.3, 0.4) is 0 Å². The number of pyridine rings is 2. The second-order valence-corrected chi connectivity index (χ2v) is 14.1. The van der Waals surface area contributed by atoms with Gasteiger partial charge in [0.2, 0.25) is 17.7 Å². The number of nitrogens with two attached hydrogens (primary N) is 1. The van der Waals surface area contributed by atoms with Crippen molar-refractivity contribution in [3.63, 3.8) is 0 Å². The Morgan fingerprint density at radius 1 is 1.12 bits per heavy atom. The number of likely N-dealkylation sites (tertiary alicyclic amines) is 2. The lowest BCUT2D eigenvalue weighted by molar-refractivity contribution is -0.133. The van der Waals surface area contributed by atoms with Crippen LogP contribution in [0.4, 0.5) is 11.5 Å². The molecule has 6 rings (SSSR count). The number of thiazole rings is 1. The number of aromatic nitrogens is 3. The number of nitrogens with one attached hydrogen (secondary N) is 2. The molecule has 3 aliphatic heterocycles. The highest BCUT2D eigenvalue weighted by molar-refractivity contribution is 7.13. The first-order valence-corrected chi connectivity index (χ1v) is 17.7. The highest BCUT2D eigenvalue weighted by atomic mass is 32.1. The van der Waals surface area contributed by atoms with Crippen LogP contribution in [0.25, 0.3) is 0 Å². The number of amidine groups is 1. The van der Waals surface area contributed by atoms with Crippen LogP contribution in [-0.2, 0) is 9.59 Å². The molecule has 6 heterocycles. The molecule has 2 saturated heterocycles. The molecule has 260 valence electrons. The van der Waals surface area contributed by atoms with Gasteiger partial charge in [-0.1, -0.05) is 0 Å². The molecule has 0 radical (unpaired) electrons. The second kappa shape index (κ2) is 15.0. The maximum absolute atomic E-state index is 13.8. The number of piperidine rings is 1. The quantitative estimate of drug-likeness (QED) is 0.255. The molecule has 0 unspecified atom stereocenters. The third-order valence-electron chi connectivity index (χ3n) is 9.06. The minimum atomic E-state index is -0.253. The van der Waals surface area contributed by atoms with E-state index in [4.69, 9.17) is 15.9 Å². The van der Waals surface area contributed by atoms with Gasteiger partial charge in [-0.2, -0.15) is 0 Å². The van der Waals surface area contributed by atoms with Crippen molar-refractivity contribution < 1.29 is 14.3 Å². The third kappa shape index (κ3) is 7.89. The minimum Gasteiger partial charge on any atom is -0.475 e. The van der Waals surface area contributed by atoms with E-state index in [0.29, 0.717) is 81.2 Å². The molecule has 4 N–H and O–H groups in total. The first-order chi connectivity index (χ1) is 23.6. The Morgan fingerprint density at radius 3 is 2.59 bits per heavy atom. The van der Waals surface area contributed by atoms with Crippen molar-refractivity contribution in [2.45, 2.75) is 52.1 Å². The normalized spacial score (nSPS) is 18.8. The number of nitrogen functional groups attached to an aromatic ring is 1. The summed E-state index contributed by atoms with van der Waals surface area (Å²) in [4.78, 5) is 52.0. The molecule has 14 nitrogen and oxygen atoms in total. The summed E-state index contributed by atoms with van der Waals surface area (Å²) in [6.07, 6.45) is 5.88. The highest BCUT2D eigenvalue weighted by Crippen LogP contribution is 2.32. The first kappa shape index (κ1) is 34.4. The molecule has 3 aromatic heterocycles. The van der Waals surface area contributed by atoms with Crippen LogP contribution >= 0.6 is 11.3 Å². The molecule has 3 aliphatic rings. The van der Waals surface area contributed by atoms with Crippen molar-refractivity contribution in [2.24, 2.45) is 10.9 Å². The highest BCUT2D eigenvalue weighted by Gasteiger charge is 2.34. The third-order valence-corrected chi connectivity index (χ3v) is 10.2. The lowest BCUT2D eigenvalue weighted by Gasteiger charge is -2.32. The number of hydrogen-bond donors (Lipinski definition) is 3. The molecular formula is C34H45N11O3S. The number of rotatable bonds is 11. The Bertz CT molecular complexity index is 1700. The van der Waals surface area contributed by atoms with Crippen molar-refractivity contribution in [2.75, 3.05) is 63.6 Å². The predicted octanol–water partition coefficient (Wildman–Crippen LogP) is 2.95. The van der Waals surface area contributed by atoms with E-state index in [1.807, 2.05) is 43.9 Å². The molecule has 15 heteroatoms. The van der Waals surface area contributed by atoms with E-state index in [1.54, 1.807) is 46.7 Å². The Labute approximate surface area is 290 Å². The summed E-state index contributed by atoms with van der Waals surface area (Å²) in [7, 11) is 1.96. The summed E-state index contributed by atoms with van der Waals surface area (Å²) in [5.41, 5.74) is 10.8. The zero-order valence-electron chi connectivity index (χ0n) is 28.6. The van der Waals surface area contributed by atoms with Crippen molar-refractivity contribution in [3.8, 4) is 5.88 Å². The number of ether oxygens (including phenoxy) is 1. The van der Waals surface area contributed by atoms with Gasteiger partial charge in [-0.15, -0.1) is 11.3 Å². The fraction of sp³-hybridized carbons (Fsp3) is 0.500. The van der Waals surface area contributed by atoms with E-state index in [9.17, 15) is 9.59 Å². The van der Waals surface area contributed by atoms with Crippen molar-refractivity contribution in [3.05, 3.63) is 57.8 Å². The lowest BCUT2D eigenvalue weighted by Crippen LogP contribution is -2.44. The monoisotopic (exact) mass is 687 g/mol. The summed E-state index contributed by atoms with van der Waals surface area (Å²) >= 11 is 1.68. The number of hydrogen-bond acceptors (Lipinski definition) is 13. The van der Waals surface area contributed by atoms with Gasteiger partial charge in [0.05, 0.1) is 39.9 Å². The van der Waals surface area contributed by atoms with Crippen LogP contribution in [0.15, 0.2) is 41.7 Å². The van der Waals surface area contributed by atoms with Gasteiger partial charge in [-0.25, -0.2) is 25.0 Å². The molecule has 0 spiro atoms. The van der Waals surface area contributed by atoms with E-state index in [0.717, 1.165) is 28.6 Å². The molecule has 3 aromatic rings. The Kier molecular flexibility index (Phi) is 10.5. The van der Waals surface area contributed by atoms with Gasteiger partial charge in [0.15, 0.2) is 5.84 Å². The van der Waals surface area contributed by atoms with Gasteiger partial charge < -0.3 is 20.8 Å². The van der Waals surface area contributed by atoms with E-state index in [1.165, 1.54) is 0 Å².